The topological polar surface area (TPSA) is 9.23 Å². The monoisotopic (exact) mass is 422 g/mol. The summed E-state index contributed by atoms with van der Waals surface area (Å²) in [6.07, 6.45) is 15.8. The van der Waals surface area contributed by atoms with Crippen LogP contribution in [0.3, 0.4) is 0 Å². The Balaban J connectivity index is 1.66. The predicted octanol–water partition coefficient (Wildman–Crippen LogP) is 9.08. The molecule has 0 aromatic heterocycles. The van der Waals surface area contributed by atoms with E-state index in [0.29, 0.717) is 5.92 Å². The molecule has 2 aliphatic rings. The Labute approximate surface area is 180 Å². The van der Waals surface area contributed by atoms with Crippen molar-refractivity contribution in [2.24, 2.45) is 11.8 Å². The fourth-order valence-corrected chi connectivity index (χ4v) is 5.98. The maximum Gasteiger partial charge on any atom is 0.344 e. The van der Waals surface area contributed by atoms with Gasteiger partial charge in [-0.25, -0.2) is 0 Å². The lowest BCUT2D eigenvalue weighted by molar-refractivity contribution is 0.124. The summed E-state index contributed by atoms with van der Waals surface area (Å²) in [5.74, 6) is 1.71. The maximum absolute atomic E-state index is 13.1. The van der Waals surface area contributed by atoms with E-state index in [0.717, 1.165) is 5.92 Å². The molecule has 1 aromatic carbocycles. The molecule has 0 bridgehead atoms. The average molecular weight is 423 g/mol. The van der Waals surface area contributed by atoms with Crippen LogP contribution in [0.2, 0.25) is 0 Å². The Bertz CT molecular complexity index is 664. The van der Waals surface area contributed by atoms with Crippen LogP contribution in [-0.2, 0) is 5.41 Å². The van der Waals surface area contributed by atoms with Crippen molar-refractivity contribution in [3.8, 4) is 5.75 Å². The van der Waals surface area contributed by atoms with E-state index < -0.39 is 12.1 Å². The van der Waals surface area contributed by atoms with Gasteiger partial charge in [0.05, 0.1) is 0 Å². The largest absolute Gasteiger partial charge is 0.428 e. The minimum atomic E-state index is -2.42. The number of hydrogen-bond donors (Lipinski definition) is 0. The summed E-state index contributed by atoms with van der Waals surface area (Å²) in [7, 11) is 0. The van der Waals surface area contributed by atoms with Crippen molar-refractivity contribution in [1.82, 2.24) is 0 Å². The molecule has 4 heteroatoms. The van der Waals surface area contributed by atoms with Crippen molar-refractivity contribution in [2.75, 3.05) is 0 Å². The Morgan fingerprint density at radius 1 is 0.900 bits per heavy atom. The minimum Gasteiger partial charge on any atom is -0.428 e. The Morgan fingerprint density at radius 2 is 1.57 bits per heavy atom. The van der Waals surface area contributed by atoms with E-state index in [1.54, 1.807) is 12.1 Å². The van der Waals surface area contributed by atoms with Gasteiger partial charge in [-0.05, 0) is 60.6 Å². The highest BCUT2D eigenvalue weighted by Crippen LogP contribution is 2.51. The average Bonchev–Trinajstić information content (AvgIpc) is 2.78. The number of rotatable bonds is 9. The molecule has 0 aliphatic heterocycles. The van der Waals surface area contributed by atoms with E-state index in [9.17, 15) is 13.2 Å². The van der Waals surface area contributed by atoms with Crippen molar-refractivity contribution in [3.63, 3.8) is 0 Å². The second kappa shape index (κ2) is 11.2. The summed E-state index contributed by atoms with van der Waals surface area (Å²) in [6.45, 7) is 2.26. The van der Waals surface area contributed by atoms with Crippen molar-refractivity contribution < 1.29 is 17.9 Å². The van der Waals surface area contributed by atoms with Gasteiger partial charge in [0.25, 0.3) is 0 Å². The molecule has 0 saturated heterocycles. The molecule has 0 amide bonds. The van der Waals surface area contributed by atoms with Crippen LogP contribution < -0.4 is 4.74 Å². The summed E-state index contributed by atoms with van der Waals surface area (Å²) in [5, 5.41) is 0. The van der Waals surface area contributed by atoms with Crippen molar-refractivity contribution in [3.05, 3.63) is 41.9 Å². The molecule has 1 aromatic rings. The van der Waals surface area contributed by atoms with Crippen LogP contribution in [0, 0.1) is 11.8 Å². The zero-order valence-electron chi connectivity index (χ0n) is 18.4. The molecule has 2 saturated carbocycles. The van der Waals surface area contributed by atoms with Gasteiger partial charge in [0.15, 0.2) is 0 Å². The van der Waals surface area contributed by atoms with E-state index in [1.165, 1.54) is 95.5 Å². The lowest BCUT2D eigenvalue weighted by atomic mass is 9.57. The smallest absolute Gasteiger partial charge is 0.344 e. The molecule has 1 nitrogen and oxygen atoms in total. The van der Waals surface area contributed by atoms with Crippen LogP contribution in [0.4, 0.5) is 13.2 Å². The molecule has 0 heterocycles. The van der Waals surface area contributed by atoms with Crippen LogP contribution in [0.25, 0.3) is 0 Å². The third-order valence-corrected chi connectivity index (χ3v) is 7.63. The van der Waals surface area contributed by atoms with E-state index >= 15 is 0 Å². The SMILES string of the molecule is CCCCCC[C@H]1CC[C@H](C2(c3ccc(OC(F)=C(F)F)cc3)CCCCC2)CC1. The van der Waals surface area contributed by atoms with E-state index in [1.807, 2.05) is 12.1 Å². The van der Waals surface area contributed by atoms with Gasteiger partial charge in [-0.2, -0.15) is 13.2 Å². The van der Waals surface area contributed by atoms with E-state index in [4.69, 9.17) is 0 Å². The Morgan fingerprint density at radius 3 is 2.17 bits per heavy atom. The highest BCUT2D eigenvalue weighted by atomic mass is 19.3. The first-order valence-corrected chi connectivity index (χ1v) is 12.0. The molecule has 2 fully saturated rings. The molecule has 0 spiro atoms. The second-order valence-electron chi connectivity index (χ2n) is 9.44. The number of ether oxygens (including phenoxy) is 1. The van der Waals surface area contributed by atoms with Gasteiger partial charge < -0.3 is 4.74 Å². The van der Waals surface area contributed by atoms with Crippen molar-refractivity contribution >= 4 is 0 Å². The van der Waals surface area contributed by atoms with Gasteiger partial charge in [-0.3, -0.25) is 0 Å². The van der Waals surface area contributed by atoms with Crippen LogP contribution >= 0.6 is 0 Å². The first-order valence-electron chi connectivity index (χ1n) is 12.0. The van der Waals surface area contributed by atoms with Crippen LogP contribution in [0.15, 0.2) is 36.4 Å². The van der Waals surface area contributed by atoms with Gasteiger partial charge >= 0.3 is 12.1 Å². The predicted molar refractivity (Wildman–Crippen MR) is 116 cm³/mol. The quantitative estimate of drug-likeness (QED) is 0.285. The molecule has 30 heavy (non-hydrogen) atoms. The molecule has 2 aliphatic carbocycles. The van der Waals surface area contributed by atoms with Crippen molar-refractivity contribution in [1.29, 1.82) is 0 Å². The molecule has 0 radical (unpaired) electrons. The van der Waals surface area contributed by atoms with Crippen LogP contribution in [0.1, 0.15) is 102 Å². The molecule has 0 N–H and O–H groups in total. The number of benzene rings is 1. The standard InChI is InChI=1S/C26H37F3O/c1-2-3-4-6-9-20-10-12-21(13-11-20)26(18-7-5-8-19-26)22-14-16-23(17-15-22)30-25(29)24(27)28/h14-17,20-21H,2-13,18-19H2,1H3/t20-,21-. The molecular formula is C26H37F3O. The lowest BCUT2D eigenvalue weighted by Crippen LogP contribution is -2.39. The van der Waals surface area contributed by atoms with Gasteiger partial charge in [-0.15, -0.1) is 0 Å². The fraction of sp³-hybridized carbons (Fsp3) is 0.692. The summed E-state index contributed by atoms with van der Waals surface area (Å²) in [4.78, 5) is 0. The van der Waals surface area contributed by atoms with Crippen LogP contribution in [-0.4, -0.2) is 0 Å². The van der Waals surface area contributed by atoms with Crippen LogP contribution in [0.5, 0.6) is 5.75 Å². The first-order chi connectivity index (χ1) is 14.5. The zero-order chi connectivity index (χ0) is 21.4. The second-order valence-corrected chi connectivity index (χ2v) is 9.44. The summed E-state index contributed by atoms with van der Waals surface area (Å²) in [5.41, 5.74) is 1.47. The van der Waals surface area contributed by atoms with Gasteiger partial charge in [-0.1, -0.05) is 83.3 Å². The number of hydrogen-bond acceptors (Lipinski definition) is 1. The summed E-state index contributed by atoms with van der Waals surface area (Å²) < 4.78 is 42.4. The highest BCUT2D eigenvalue weighted by molar-refractivity contribution is 5.34. The molecule has 0 atom stereocenters. The summed E-state index contributed by atoms with van der Waals surface area (Å²) in [6, 6.07) is 5.45. The zero-order valence-corrected chi connectivity index (χ0v) is 18.4. The molecule has 0 unspecified atom stereocenters. The molecule has 3 rings (SSSR count). The lowest BCUT2D eigenvalue weighted by Gasteiger charge is -2.47. The highest BCUT2D eigenvalue weighted by Gasteiger charge is 2.42. The third-order valence-electron chi connectivity index (χ3n) is 7.63. The van der Waals surface area contributed by atoms with Gasteiger partial charge in [0.2, 0.25) is 0 Å². The van der Waals surface area contributed by atoms with Crippen molar-refractivity contribution in [2.45, 2.75) is 102 Å². The number of halogens is 3. The normalized spacial score (nSPS) is 23.7. The van der Waals surface area contributed by atoms with E-state index in [2.05, 4.69) is 11.7 Å². The van der Waals surface area contributed by atoms with E-state index in [-0.39, 0.29) is 11.2 Å². The Kier molecular flexibility index (Phi) is 8.71. The Hall–Kier alpha value is -1.45. The first kappa shape index (κ1) is 23.2. The minimum absolute atomic E-state index is 0.130. The van der Waals surface area contributed by atoms with Gasteiger partial charge in [0, 0.05) is 0 Å². The number of unbranched alkanes of at least 4 members (excludes halogenated alkanes) is 3. The maximum atomic E-state index is 13.1. The molecule has 168 valence electrons. The third kappa shape index (κ3) is 5.82. The fourth-order valence-electron chi connectivity index (χ4n) is 5.98. The van der Waals surface area contributed by atoms with Gasteiger partial charge in [0.1, 0.15) is 5.75 Å². The molecular weight excluding hydrogens is 385 g/mol. The summed E-state index contributed by atoms with van der Waals surface area (Å²) >= 11 is 0.